The molecule has 0 fully saturated rings. The van der Waals surface area contributed by atoms with Gasteiger partial charge in [-0.25, -0.2) is 0 Å². The van der Waals surface area contributed by atoms with E-state index in [0.717, 1.165) is 72.2 Å². The highest BCUT2D eigenvalue weighted by atomic mass is 16.3. The molecule has 0 aliphatic rings. The number of fused-ring (bicyclic) bond motifs is 6. The van der Waals surface area contributed by atoms with Crippen molar-refractivity contribution in [1.29, 1.82) is 10.5 Å². The molecule has 0 bridgehead atoms. The summed E-state index contributed by atoms with van der Waals surface area (Å²) >= 11 is 0. The molecule has 0 radical (unpaired) electrons. The molecule has 0 aliphatic carbocycles. The molecule has 0 saturated heterocycles. The molecule has 6 nitrogen and oxygen atoms in total. The normalized spacial score (nSPS) is 11.2. The quantitative estimate of drug-likeness (QED) is 0.164. The van der Waals surface area contributed by atoms with E-state index in [9.17, 15) is 10.5 Å². The minimum absolute atomic E-state index is 0.385. The maximum Gasteiger partial charge on any atom is 0.137 e. The Morgan fingerprint density at radius 2 is 0.804 bits per heavy atom. The third-order valence-corrected chi connectivity index (χ3v) is 10.4. The number of furan rings is 1. The van der Waals surface area contributed by atoms with Gasteiger partial charge in [0.1, 0.15) is 23.3 Å². The highest BCUT2D eigenvalue weighted by Crippen LogP contribution is 2.43. The van der Waals surface area contributed by atoms with Gasteiger partial charge in [0.2, 0.25) is 0 Å². The van der Waals surface area contributed by atoms with E-state index in [1.54, 1.807) is 0 Å². The van der Waals surface area contributed by atoms with Gasteiger partial charge in [-0.2, -0.15) is 10.5 Å². The van der Waals surface area contributed by atoms with Crippen LogP contribution in [0.1, 0.15) is 11.1 Å². The zero-order valence-electron chi connectivity index (χ0n) is 30.0. The van der Waals surface area contributed by atoms with E-state index in [1.165, 1.54) is 0 Å². The molecule has 0 N–H and O–H groups in total. The third-order valence-electron chi connectivity index (χ3n) is 10.4. The van der Waals surface area contributed by atoms with Crippen molar-refractivity contribution in [3.63, 3.8) is 0 Å². The summed E-state index contributed by atoms with van der Waals surface area (Å²) in [6, 6.07) is 68.1. The molecule has 0 unspecified atom stereocenters. The number of nitrogens with zero attached hydrogens (tertiary/aromatic N) is 5. The number of aromatic nitrogens is 1. The summed E-state index contributed by atoms with van der Waals surface area (Å²) in [7, 11) is 0. The van der Waals surface area contributed by atoms with Gasteiger partial charge in [-0.15, -0.1) is 0 Å². The number of para-hydroxylation sites is 5. The molecule has 0 amide bonds. The molecule has 10 rings (SSSR count). The van der Waals surface area contributed by atoms with Crippen LogP contribution in [0.4, 0.5) is 34.1 Å². The molecule has 2 heterocycles. The van der Waals surface area contributed by atoms with E-state index < -0.39 is 0 Å². The van der Waals surface area contributed by atoms with Gasteiger partial charge >= 0.3 is 0 Å². The Morgan fingerprint density at radius 3 is 1.36 bits per heavy atom. The van der Waals surface area contributed by atoms with E-state index in [1.807, 2.05) is 114 Å². The van der Waals surface area contributed by atoms with Gasteiger partial charge in [0, 0.05) is 61.7 Å². The van der Waals surface area contributed by atoms with Crippen molar-refractivity contribution in [2.75, 3.05) is 9.80 Å². The van der Waals surface area contributed by atoms with Gasteiger partial charge in [0.05, 0.1) is 27.8 Å². The minimum Gasteiger partial charge on any atom is -0.456 e. The Hall–Kier alpha value is -8.06. The van der Waals surface area contributed by atoms with Gasteiger partial charge < -0.3 is 18.8 Å². The van der Waals surface area contributed by atoms with Crippen LogP contribution in [0.3, 0.4) is 0 Å². The zero-order valence-corrected chi connectivity index (χ0v) is 30.0. The van der Waals surface area contributed by atoms with Crippen LogP contribution >= 0.6 is 0 Å². The topological polar surface area (TPSA) is 72.1 Å². The number of rotatable bonds is 7. The molecule has 0 saturated carbocycles. The van der Waals surface area contributed by atoms with Gasteiger partial charge in [-0.3, -0.25) is 0 Å². The monoisotopic (exact) mass is 717 g/mol. The van der Waals surface area contributed by atoms with Crippen LogP contribution < -0.4 is 9.80 Å². The minimum atomic E-state index is 0.385. The van der Waals surface area contributed by atoms with Crippen LogP contribution in [0.2, 0.25) is 0 Å². The Labute approximate surface area is 323 Å². The number of nitriles is 2. The molecule has 10 aromatic rings. The largest absolute Gasteiger partial charge is 0.456 e. The zero-order chi connectivity index (χ0) is 37.6. The second kappa shape index (κ2) is 13.4. The number of hydrogen-bond donors (Lipinski definition) is 0. The average Bonchev–Trinajstić information content (AvgIpc) is 3.80. The summed E-state index contributed by atoms with van der Waals surface area (Å²) in [6.45, 7) is 0. The fourth-order valence-electron chi connectivity index (χ4n) is 7.98. The highest BCUT2D eigenvalue weighted by Gasteiger charge is 2.23. The van der Waals surface area contributed by atoms with E-state index in [2.05, 4.69) is 101 Å². The van der Waals surface area contributed by atoms with Gasteiger partial charge in [-0.05, 0) is 91.0 Å². The van der Waals surface area contributed by atoms with Crippen molar-refractivity contribution in [2.24, 2.45) is 0 Å². The van der Waals surface area contributed by atoms with Gasteiger partial charge in [-0.1, -0.05) is 91.0 Å². The molecule has 262 valence electrons. The fraction of sp³-hybridized carbons (Fsp3) is 0. The number of benzene rings is 8. The Balaban J connectivity index is 1.17. The maximum absolute atomic E-state index is 10.9. The molecule has 8 aromatic carbocycles. The molecule has 6 heteroatoms. The summed E-state index contributed by atoms with van der Waals surface area (Å²) in [5.74, 6) is 0. The molecule has 0 aliphatic heterocycles. The third kappa shape index (κ3) is 5.33. The van der Waals surface area contributed by atoms with E-state index in [4.69, 9.17) is 4.42 Å². The summed E-state index contributed by atoms with van der Waals surface area (Å²) in [4.78, 5) is 4.31. The molecule has 2 aromatic heterocycles. The van der Waals surface area contributed by atoms with Crippen LogP contribution in [0.25, 0.3) is 49.4 Å². The lowest BCUT2D eigenvalue weighted by atomic mass is 10.0. The predicted molar refractivity (Wildman–Crippen MR) is 227 cm³/mol. The summed E-state index contributed by atoms with van der Waals surface area (Å²) in [6.07, 6.45) is 0. The lowest BCUT2D eigenvalue weighted by Gasteiger charge is -2.29. The van der Waals surface area contributed by atoms with Gasteiger partial charge in [0.25, 0.3) is 0 Å². The van der Waals surface area contributed by atoms with Crippen molar-refractivity contribution in [3.05, 3.63) is 199 Å². The average molecular weight is 718 g/mol. The summed E-state index contributed by atoms with van der Waals surface area (Å²) in [5, 5.41) is 25.9. The Kier molecular flexibility index (Phi) is 7.80. The smallest absolute Gasteiger partial charge is 0.137 e. The first-order valence-electron chi connectivity index (χ1n) is 18.4. The fourth-order valence-corrected chi connectivity index (χ4v) is 7.98. The summed E-state index contributed by atoms with van der Waals surface area (Å²) in [5.41, 5.74) is 10.1. The number of hydrogen-bond acceptors (Lipinski definition) is 5. The second-order valence-corrected chi connectivity index (χ2v) is 13.6. The van der Waals surface area contributed by atoms with Crippen LogP contribution in [-0.4, -0.2) is 4.57 Å². The standard InChI is InChI=1S/C50H31N5O/c51-32-34-29-41(30-35(33-52)50(34)55-46-20-10-7-17-42(46)43-18-8-11-21-47(43)55)54(40-27-28-45-44-19-9-12-22-48(44)56-49(45)31-40)39-25-23-38(24-26-39)53(36-13-3-1-4-14-36)37-15-5-2-6-16-37/h1-31H. The predicted octanol–water partition coefficient (Wildman–Crippen LogP) is 13.4. The van der Waals surface area contributed by atoms with Crippen molar-refractivity contribution in [1.82, 2.24) is 4.57 Å². The van der Waals surface area contributed by atoms with Crippen molar-refractivity contribution >= 4 is 77.9 Å². The molecular formula is C50H31N5O. The molecule has 0 spiro atoms. The van der Waals surface area contributed by atoms with Crippen molar-refractivity contribution < 1.29 is 4.42 Å². The Morgan fingerprint density at radius 1 is 0.375 bits per heavy atom. The van der Waals surface area contributed by atoms with Crippen LogP contribution in [0.5, 0.6) is 0 Å². The second-order valence-electron chi connectivity index (χ2n) is 13.6. The van der Waals surface area contributed by atoms with Crippen LogP contribution in [0, 0.1) is 22.7 Å². The lowest BCUT2D eigenvalue weighted by Crippen LogP contribution is -2.13. The van der Waals surface area contributed by atoms with Gasteiger partial charge in [0.15, 0.2) is 0 Å². The molecule has 0 atom stereocenters. The van der Waals surface area contributed by atoms with Crippen molar-refractivity contribution in [3.8, 4) is 17.8 Å². The first-order valence-corrected chi connectivity index (χ1v) is 18.4. The number of anilines is 6. The first kappa shape index (κ1) is 32.6. The molecule has 56 heavy (non-hydrogen) atoms. The maximum atomic E-state index is 10.9. The highest BCUT2D eigenvalue weighted by molar-refractivity contribution is 6.10. The van der Waals surface area contributed by atoms with Crippen LogP contribution in [-0.2, 0) is 0 Å². The lowest BCUT2D eigenvalue weighted by molar-refractivity contribution is 0.669. The van der Waals surface area contributed by atoms with E-state index in [-0.39, 0.29) is 0 Å². The van der Waals surface area contributed by atoms with E-state index in [0.29, 0.717) is 22.5 Å². The van der Waals surface area contributed by atoms with Crippen molar-refractivity contribution in [2.45, 2.75) is 0 Å². The van der Waals surface area contributed by atoms with Crippen LogP contribution in [0.15, 0.2) is 192 Å². The Bertz CT molecular complexity index is 3040. The molecular weight excluding hydrogens is 687 g/mol. The van der Waals surface area contributed by atoms with E-state index >= 15 is 0 Å². The summed E-state index contributed by atoms with van der Waals surface area (Å²) < 4.78 is 8.41. The first-order chi connectivity index (χ1) is 27.7. The SMILES string of the molecule is N#Cc1cc(N(c2ccc(N(c3ccccc3)c3ccccc3)cc2)c2ccc3c(c2)oc2ccccc23)cc(C#N)c1-n1c2ccccc2c2ccccc21.